The lowest BCUT2D eigenvalue weighted by Crippen LogP contribution is -2.11. The Kier molecular flexibility index (Phi) is 5.74. The highest BCUT2D eigenvalue weighted by Gasteiger charge is 2.08. The van der Waals surface area contributed by atoms with Crippen molar-refractivity contribution in [1.82, 2.24) is 0 Å². The molecule has 0 aliphatic heterocycles. The molecule has 0 aliphatic carbocycles. The Labute approximate surface area is 159 Å². The molecule has 0 aromatic heterocycles. The average Bonchev–Trinajstić information content (AvgIpc) is 2.64. The summed E-state index contributed by atoms with van der Waals surface area (Å²) in [4.78, 5) is 12.3. The van der Waals surface area contributed by atoms with Gasteiger partial charge in [-0.3, -0.25) is 4.79 Å². The molecule has 3 aromatic rings. The summed E-state index contributed by atoms with van der Waals surface area (Å²) in [6.07, 6.45) is 0. The third-order valence-corrected chi connectivity index (χ3v) is 4.77. The van der Waals surface area contributed by atoms with Crippen LogP contribution in [0.5, 0.6) is 5.75 Å². The number of amides is 1. The van der Waals surface area contributed by atoms with Gasteiger partial charge in [-0.1, -0.05) is 41.9 Å². The number of carbonyl (C=O) groups is 1. The van der Waals surface area contributed by atoms with Gasteiger partial charge in [0.1, 0.15) is 12.4 Å². The van der Waals surface area contributed by atoms with Gasteiger partial charge < -0.3 is 10.1 Å². The van der Waals surface area contributed by atoms with E-state index in [1.165, 1.54) is 0 Å². The molecule has 0 fully saturated rings. The summed E-state index contributed by atoms with van der Waals surface area (Å²) in [5, 5.41) is 3.36. The van der Waals surface area contributed by atoms with Crippen LogP contribution in [0.2, 0.25) is 5.02 Å². The van der Waals surface area contributed by atoms with Gasteiger partial charge in [-0.15, -0.1) is 0 Å². The lowest BCUT2D eigenvalue weighted by atomic mass is 10.2. The zero-order valence-electron chi connectivity index (χ0n) is 13.2. The predicted molar refractivity (Wildman–Crippen MR) is 104 cm³/mol. The van der Waals surface area contributed by atoms with Gasteiger partial charge in [0.15, 0.2) is 0 Å². The lowest BCUT2D eigenvalue weighted by Gasteiger charge is -2.09. The first kappa shape index (κ1) is 17.5. The van der Waals surface area contributed by atoms with Crippen molar-refractivity contribution < 1.29 is 9.53 Å². The predicted octanol–water partition coefficient (Wildman–Crippen LogP) is 5.93. The highest BCUT2D eigenvalue weighted by atomic mass is 79.9. The second-order valence-electron chi connectivity index (χ2n) is 5.38. The van der Waals surface area contributed by atoms with E-state index < -0.39 is 0 Å². The third-order valence-electron chi connectivity index (χ3n) is 3.54. The number of hydrogen-bond acceptors (Lipinski definition) is 2. The molecule has 0 saturated heterocycles. The molecule has 0 bridgehead atoms. The van der Waals surface area contributed by atoms with E-state index in [-0.39, 0.29) is 5.91 Å². The molecule has 0 aliphatic rings. The van der Waals surface area contributed by atoms with E-state index in [9.17, 15) is 4.79 Å². The molecule has 0 spiro atoms. The fraction of sp³-hybridized carbons (Fsp3) is 0.0500. The summed E-state index contributed by atoms with van der Waals surface area (Å²) in [6.45, 7) is 0.490. The van der Waals surface area contributed by atoms with Crippen molar-refractivity contribution >= 4 is 39.1 Å². The van der Waals surface area contributed by atoms with Crippen molar-refractivity contribution in [2.45, 2.75) is 6.61 Å². The van der Waals surface area contributed by atoms with Crippen LogP contribution >= 0.6 is 27.5 Å². The standard InChI is InChI=1S/C20H15BrClNO2/c21-18-11-8-16(12-19(18)22)23-20(24)15-6-9-17(10-7-15)25-13-14-4-2-1-3-5-14/h1-12H,13H2,(H,23,24). The molecule has 3 aromatic carbocycles. The van der Waals surface area contributed by atoms with Gasteiger partial charge >= 0.3 is 0 Å². The Morgan fingerprint density at radius 3 is 2.40 bits per heavy atom. The van der Waals surface area contributed by atoms with Crippen LogP contribution in [-0.4, -0.2) is 5.91 Å². The smallest absolute Gasteiger partial charge is 0.255 e. The first-order valence-electron chi connectivity index (χ1n) is 7.65. The summed E-state index contributed by atoms with van der Waals surface area (Å²) in [5.74, 6) is 0.514. The number of hydrogen-bond donors (Lipinski definition) is 1. The highest BCUT2D eigenvalue weighted by Crippen LogP contribution is 2.26. The molecule has 0 unspecified atom stereocenters. The first-order valence-corrected chi connectivity index (χ1v) is 8.82. The van der Waals surface area contributed by atoms with Gasteiger partial charge in [0.05, 0.1) is 5.02 Å². The second kappa shape index (κ2) is 8.19. The molecule has 3 rings (SSSR count). The van der Waals surface area contributed by atoms with E-state index in [0.717, 1.165) is 10.0 Å². The molecule has 126 valence electrons. The minimum Gasteiger partial charge on any atom is -0.489 e. The van der Waals surface area contributed by atoms with Crippen molar-refractivity contribution in [3.05, 3.63) is 93.4 Å². The Bertz CT molecular complexity index is 867. The van der Waals surface area contributed by atoms with E-state index in [2.05, 4.69) is 21.2 Å². The summed E-state index contributed by atoms with van der Waals surface area (Å²) in [5.41, 5.74) is 2.28. The van der Waals surface area contributed by atoms with Crippen molar-refractivity contribution in [1.29, 1.82) is 0 Å². The summed E-state index contributed by atoms with van der Waals surface area (Å²) < 4.78 is 6.50. The molecule has 5 heteroatoms. The Morgan fingerprint density at radius 2 is 1.72 bits per heavy atom. The van der Waals surface area contributed by atoms with E-state index in [0.29, 0.717) is 28.6 Å². The van der Waals surface area contributed by atoms with Crippen molar-refractivity contribution in [3.63, 3.8) is 0 Å². The number of halogens is 2. The normalized spacial score (nSPS) is 10.3. The van der Waals surface area contributed by atoms with Gasteiger partial charge in [0.2, 0.25) is 0 Å². The molecule has 0 saturated carbocycles. The summed E-state index contributed by atoms with van der Waals surface area (Å²) in [7, 11) is 0. The molecule has 3 nitrogen and oxygen atoms in total. The third kappa shape index (κ3) is 4.84. The number of anilines is 1. The van der Waals surface area contributed by atoms with Crippen LogP contribution in [0.25, 0.3) is 0 Å². The van der Waals surface area contributed by atoms with Crippen LogP contribution in [-0.2, 0) is 6.61 Å². The molecular weight excluding hydrogens is 402 g/mol. The molecular formula is C20H15BrClNO2. The van der Waals surface area contributed by atoms with Gasteiger partial charge in [-0.2, -0.15) is 0 Å². The van der Waals surface area contributed by atoms with Gasteiger partial charge in [0, 0.05) is 15.7 Å². The van der Waals surface area contributed by atoms with Crippen molar-refractivity contribution in [3.8, 4) is 5.75 Å². The Hall–Kier alpha value is -2.30. The van der Waals surface area contributed by atoms with Crippen LogP contribution in [0.1, 0.15) is 15.9 Å². The van der Waals surface area contributed by atoms with E-state index in [4.69, 9.17) is 16.3 Å². The number of benzene rings is 3. The second-order valence-corrected chi connectivity index (χ2v) is 6.64. The van der Waals surface area contributed by atoms with E-state index in [1.54, 1.807) is 42.5 Å². The highest BCUT2D eigenvalue weighted by molar-refractivity contribution is 9.10. The van der Waals surface area contributed by atoms with Crippen LogP contribution in [0, 0.1) is 0 Å². The fourth-order valence-corrected chi connectivity index (χ4v) is 2.65. The molecule has 1 amide bonds. The van der Waals surface area contributed by atoms with Crippen molar-refractivity contribution in [2.75, 3.05) is 5.32 Å². The number of ether oxygens (including phenoxy) is 1. The fourth-order valence-electron chi connectivity index (χ4n) is 2.22. The van der Waals surface area contributed by atoms with E-state index >= 15 is 0 Å². The maximum atomic E-state index is 12.3. The topological polar surface area (TPSA) is 38.3 Å². The van der Waals surface area contributed by atoms with Gasteiger partial charge in [-0.25, -0.2) is 0 Å². The van der Waals surface area contributed by atoms with Crippen molar-refractivity contribution in [2.24, 2.45) is 0 Å². The molecule has 0 radical (unpaired) electrons. The summed E-state index contributed by atoms with van der Waals surface area (Å²) >= 11 is 9.36. The van der Waals surface area contributed by atoms with Gasteiger partial charge in [0.25, 0.3) is 5.91 Å². The zero-order chi connectivity index (χ0) is 17.6. The monoisotopic (exact) mass is 415 g/mol. The van der Waals surface area contributed by atoms with Crippen LogP contribution in [0.4, 0.5) is 5.69 Å². The first-order chi connectivity index (χ1) is 12.1. The van der Waals surface area contributed by atoms with Gasteiger partial charge in [-0.05, 0) is 64.0 Å². The molecule has 1 N–H and O–H groups in total. The quantitative estimate of drug-likeness (QED) is 0.559. The number of carbonyl (C=O) groups excluding carboxylic acids is 1. The lowest BCUT2D eigenvalue weighted by molar-refractivity contribution is 0.102. The van der Waals surface area contributed by atoms with Crippen LogP contribution in [0.15, 0.2) is 77.3 Å². The Morgan fingerprint density at radius 1 is 1.00 bits per heavy atom. The van der Waals surface area contributed by atoms with Crippen LogP contribution in [0.3, 0.4) is 0 Å². The molecule has 25 heavy (non-hydrogen) atoms. The Balaban J connectivity index is 1.61. The largest absolute Gasteiger partial charge is 0.489 e. The number of nitrogens with one attached hydrogen (secondary N) is 1. The van der Waals surface area contributed by atoms with E-state index in [1.807, 2.05) is 30.3 Å². The maximum absolute atomic E-state index is 12.3. The van der Waals surface area contributed by atoms with Crippen LogP contribution < -0.4 is 10.1 Å². The minimum absolute atomic E-state index is 0.201. The summed E-state index contributed by atoms with van der Waals surface area (Å²) in [6, 6.07) is 22.2. The number of rotatable bonds is 5. The minimum atomic E-state index is -0.201. The molecule has 0 atom stereocenters. The SMILES string of the molecule is O=C(Nc1ccc(Br)c(Cl)c1)c1ccc(OCc2ccccc2)cc1. The average molecular weight is 417 g/mol. The zero-order valence-corrected chi connectivity index (χ0v) is 15.5. The molecule has 0 heterocycles. The maximum Gasteiger partial charge on any atom is 0.255 e.